The molecule has 1 aromatic carbocycles. The lowest BCUT2D eigenvalue weighted by molar-refractivity contribution is -0.384. The fraction of sp³-hybridized carbons (Fsp3) is 0.400. The molecule has 0 bridgehead atoms. The van der Waals surface area contributed by atoms with Gasteiger partial charge in [-0.25, -0.2) is 4.39 Å². The highest BCUT2D eigenvalue weighted by molar-refractivity contribution is 14.1. The van der Waals surface area contributed by atoms with Crippen molar-refractivity contribution in [2.45, 2.75) is 19.4 Å². The van der Waals surface area contributed by atoms with Gasteiger partial charge in [-0.15, -0.1) is 0 Å². The molecule has 0 saturated carbocycles. The first-order valence-corrected chi connectivity index (χ1v) is 6.08. The highest BCUT2D eigenvalue weighted by atomic mass is 127. The predicted molar refractivity (Wildman–Crippen MR) is 70.6 cm³/mol. The molecular weight excluding hydrogens is 342 g/mol. The topological polar surface area (TPSA) is 75.4 Å². The molecule has 0 radical (unpaired) electrons. The quantitative estimate of drug-likeness (QED) is 0.484. The fourth-order valence-electron chi connectivity index (χ4n) is 1.30. The average Bonchev–Trinajstić information content (AvgIpc) is 2.29. The molecule has 1 aromatic rings. The third kappa shape index (κ3) is 3.50. The Morgan fingerprint density at radius 1 is 1.65 bits per heavy atom. The van der Waals surface area contributed by atoms with E-state index in [1.165, 1.54) is 6.07 Å². The van der Waals surface area contributed by atoms with Gasteiger partial charge in [-0.05, 0) is 29.0 Å². The minimum atomic E-state index is -0.575. The monoisotopic (exact) mass is 354 g/mol. The first-order chi connectivity index (χ1) is 7.99. The van der Waals surface area contributed by atoms with Crippen molar-refractivity contribution in [3.05, 3.63) is 31.6 Å². The first kappa shape index (κ1) is 14.1. The van der Waals surface area contributed by atoms with E-state index in [1.807, 2.05) is 6.92 Å². The summed E-state index contributed by atoms with van der Waals surface area (Å²) in [7, 11) is 0. The maximum Gasteiger partial charge on any atom is 0.293 e. The van der Waals surface area contributed by atoms with Crippen LogP contribution >= 0.6 is 22.6 Å². The summed E-state index contributed by atoms with van der Waals surface area (Å²) >= 11 is 1.70. The van der Waals surface area contributed by atoms with E-state index in [1.54, 1.807) is 22.6 Å². The molecule has 0 aliphatic carbocycles. The highest BCUT2D eigenvalue weighted by Crippen LogP contribution is 2.29. The van der Waals surface area contributed by atoms with Gasteiger partial charge in [0.05, 0.1) is 15.1 Å². The number of hydrogen-bond acceptors (Lipinski definition) is 4. The van der Waals surface area contributed by atoms with Gasteiger partial charge < -0.3 is 10.4 Å². The average molecular weight is 354 g/mol. The predicted octanol–water partition coefficient (Wildman–Crippen LogP) is 2.52. The number of nitro benzene ring substituents is 1. The Morgan fingerprint density at radius 3 is 2.76 bits per heavy atom. The molecule has 0 aliphatic rings. The molecule has 0 spiro atoms. The van der Waals surface area contributed by atoms with Crippen LogP contribution in [-0.2, 0) is 0 Å². The van der Waals surface area contributed by atoms with Gasteiger partial charge in [0, 0.05) is 18.2 Å². The zero-order chi connectivity index (χ0) is 13.0. The zero-order valence-electron chi connectivity index (χ0n) is 9.11. The van der Waals surface area contributed by atoms with Crippen molar-refractivity contribution in [1.29, 1.82) is 0 Å². The van der Waals surface area contributed by atoms with Crippen molar-refractivity contribution >= 4 is 34.0 Å². The third-order valence-electron chi connectivity index (χ3n) is 2.31. The molecule has 5 nitrogen and oxygen atoms in total. The van der Waals surface area contributed by atoms with Crippen molar-refractivity contribution in [1.82, 2.24) is 0 Å². The molecule has 17 heavy (non-hydrogen) atoms. The second-order valence-electron chi connectivity index (χ2n) is 3.47. The molecular formula is C10H12FIN2O3. The van der Waals surface area contributed by atoms with Crippen LogP contribution in [0.4, 0.5) is 15.8 Å². The maximum atomic E-state index is 13.3. The van der Waals surface area contributed by atoms with Crippen LogP contribution in [0.3, 0.4) is 0 Å². The van der Waals surface area contributed by atoms with E-state index < -0.39 is 10.7 Å². The summed E-state index contributed by atoms with van der Waals surface area (Å²) in [4.78, 5) is 10.2. The lowest BCUT2D eigenvalue weighted by Gasteiger charge is -2.15. The Labute approximate surface area is 111 Å². The van der Waals surface area contributed by atoms with E-state index in [2.05, 4.69) is 5.32 Å². The summed E-state index contributed by atoms with van der Waals surface area (Å²) in [5, 5.41) is 22.6. The number of benzene rings is 1. The molecule has 94 valence electrons. The van der Waals surface area contributed by atoms with Gasteiger partial charge in [-0.2, -0.15) is 0 Å². The standard InChI is InChI=1S/C10H12FIN2O3/c1-2-6(5-15)13-9-3-7(11)8(12)4-10(9)14(16)17/h3-4,6,13,15H,2,5H2,1H3. The molecule has 0 heterocycles. The van der Waals surface area contributed by atoms with E-state index in [9.17, 15) is 14.5 Å². The molecule has 0 fully saturated rings. The lowest BCUT2D eigenvalue weighted by Crippen LogP contribution is -2.23. The molecule has 1 unspecified atom stereocenters. The van der Waals surface area contributed by atoms with E-state index in [0.717, 1.165) is 6.07 Å². The Morgan fingerprint density at radius 2 is 2.29 bits per heavy atom. The van der Waals surface area contributed by atoms with E-state index in [4.69, 9.17) is 5.11 Å². The smallest absolute Gasteiger partial charge is 0.293 e. The summed E-state index contributed by atoms with van der Waals surface area (Å²) in [5.41, 5.74) is -0.100. The Balaban J connectivity index is 3.12. The largest absolute Gasteiger partial charge is 0.394 e. The fourth-order valence-corrected chi connectivity index (χ4v) is 1.75. The maximum absolute atomic E-state index is 13.3. The Hall–Kier alpha value is -0.960. The minimum Gasteiger partial charge on any atom is -0.394 e. The molecule has 0 saturated heterocycles. The van der Waals surface area contributed by atoms with Gasteiger partial charge in [0.1, 0.15) is 11.5 Å². The number of nitro groups is 1. The number of halogens is 2. The SMILES string of the molecule is CCC(CO)Nc1cc(F)c(I)cc1[N+](=O)[O-]. The van der Waals surface area contributed by atoms with Gasteiger partial charge >= 0.3 is 0 Å². The molecule has 1 atom stereocenters. The molecule has 0 aliphatic heterocycles. The molecule has 2 N–H and O–H groups in total. The number of aliphatic hydroxyl groups excluding tert-OH is 1. The summed E-state index contributed by atoms with van der Waals surface area (Å²) in [5.74, 6) is -0.522. The first-order valence-electron chi connectivity index (χ1n) is 5.00. The van der Waals surface area contributed by atoms with Crippen molar-refractivity contribution in [3.63, 3.8) is 0 Å². The van der Waals surface area contributed by atoms with Crippen LogP contribution in [0.1, 0.15) is 13.3 Å². The van der Waals surface area contributed by atoms with Gasteiger partial charge in [-0.1, -0.05) is 6.92 Å². The number of rotatable bonds is 5. The van der Waals surface area contributed by atoms with Crippen LogP contribution in [0.25, 0.3) is 0 Å². The highest BCUT2D eigenvalue weighted by Gasteiger charge is 2.19. The molecule has 0 aromatic heterocycles. The summed E-state index contributed by atoms with van der Waals surface area (Å²) < 4.78 is 13.5. The van der Waals surface area contributed by atoms with Crippen molar-refractivity contribution < 1.29 is 14.4 Å². The number of aliphatic hydroxyl groups is 1. The van der Waals surface area contributed by atoms with Gasteiger partial charge in [0.25, 0.3) is 5.69 Å². The van der Waals surface area contributed by atoms with E-state index in [0.29, 0.717) is 6.42 Å². The minimum absolute atomic E-state index is 0.0915. The summed E-state index contributed by atoms with van der Waals surface area (Å²) in [6.45, 7) is 1.66. The van der Waals surface area contributed by atoms with Crippen LogP contribution in [-0.4, -0.2) is 22.7 Å². The summed E-state index contributed by atoms with van der Waals surface area (Å²) in [6, 6.07) is 1.92. The molecule has 0 amide bonds. The van der Waals surface area contributed by atoms with E-state index >= 15 is 0 Å². The van der Waals surface area contributed by atoms with Crippen LogP contribution in [0, 0.1) is 19.5 Å². The van der Waals surface area contributed by atoms with Crippen molar-refractivity contribution in [3.8, 4) is 0 Å². The van der Waals surface area contributed by atoms with Gasteiger partial charge in [-0.3, -0.25) is 10.1 Å². The normalized spacial score (nSPS) is 12.2. The van der Waals surface area contributed by atoms with Gasteiger partial charge in [0.15, 0.2) is 0 Å². The van der Waals surface area contributed by atoms with Crippen molar-refractivity contribution in [2.75, 3.05) is 11.9 Å². The Kier molecular flexibility index (Phi) is 5.06. The number of anilines is 1. The lowest BCUT2D eigenvalue weighted by atomic mass is 10.2. The second kappa shape index (κ2) is 6.10. The van der Waals surface area contributed by atoms with Crippen LogP contribution in [0.15, 0.2) is 12.1 Å². The van der Waals surface area contributed by atoms with E-state index in [-0.39, 0.29) is 27.6 Å². The van der Waals surface area contributed by atoms with Crippen LogP contribution < -0.4 is 5.32 Å². The zero-order valence-corrected chi connectivity index (χ0v) is 11.3. The second-order valence-corrected chi connectivity index (χ2v) is 4.63. The Bertz CT molecular complexity index is 424. The number of nitrogens with one attached hydrogen (secondary N) is 1. The van der Waals surface area contributed by atoms with Crippen LogP contribution in [0.5, 0.6) is 0 Å². The van der Waals surface area contributed by atoms with Crippen molar-refractivity contribution in [2.24, 2.45) is 0 Å². The van der Waals surface area contributed by atoms with Gasteiger partial charge in [0.2, 0.25) is 0 Å². The third-order valence-corrected chi connectivity index (χ3v) is 3.13. The molecule has 7 heteroatoms. The number of hydrogen-bond donors (Lipinski definition) is 2. The summed E-state index contributed by atoms with van der Waals surface area (Å²) in [6.07, 6.45) is 0.585. The van der Waals surface area contributed by atoms with Crippen LogP contribution in [0.2, 0.25) is 0 Å². The molecule has 1 rings (SSSR count). The number of nitrogens with zero attached hydrogens (tertiary/aromatic N) is 1.